The lowest BCUT2D eigenvalue weighted by Gasteiger charge is -2.39. The van der Waals surface area contributed by atoms with Crippen LogP contribution in [0.25, 0.3) is 22.2 Å². The molecule has 0 radical (unpaired) electrons. The first-order chi connectivity index (χ1) is 26.5. The van der Waals surface area contributed by atoms with Crippen molar-refractivity contribution in [3.8, 4) is 22.8 Å². The Bertz CT molecular complexity index is 1950. The molecule has 56 heavy (non-hydrogen) atoms. The Kier molecular flexibility index (Phi) is 13.0. The van der Waals surface area contributed by atoms with Crippen molar-refractivity contribution in [1.82, 2.24) is 24.8 Å². The number of rotatable bonds is 15. The highest BCUT2D eigenvalue weighted by atomic mass is 32.2. The first kappa shape index (κ1) is 41.8. The van der Waals surface area contributed by atoms with Gasteiger partial charge in [-0.3, -0.25) is 14.5 Å². The molecule has 306 valence electrons. The van der Waals surface area contributed by atoms with E-state index in [1.807, 2.05) is 80.3 Å². The third kappa shape index (κ3) is 9.82. The van der Waals surface area contributed by atoms with Crippen LogP contribution in [0.4, 0.5) is 0 Å². The molecule has 3 aromatic rings. The predicted octanol–water partition coefficient (Wildman–Crippen LogP) is 4.66. The predicted molar refractivity (Wildman–Crippen MR) is 215 cm³/mol. The summed E-state index contributed by atoms with van der Waals surface area (Å²) in [4.78, 5) is 37.8. The molecule has 14 heteroatoms. The molecule has 6 rings (SSSR count). The maximum absolute atomic E-state index is 14.9. The minimum absolute atomic E-state index is 0.0904. The van der Waals surface area contributed by atoms with Crippen molar-refractivity contribution in [2.75, 3.05) is 26.7 Å². The second kappa shape index (κ2) is 17.4. The SMILES string of the molecule is COc1ccc2c(OC3C[C@@H](C(=O)N[C@@H](C(C)C)C(O)NS(=O)(=O)C4CC4)N(C(=O)[C@@H](CC(O)N4CCCCC4)C(C)(C)C)C3)cc(-c3ccccc3)nc2c1. The van der Waals surface area contributed by atoms with Gasteiger partial charge in [0.25, 0.3) is 0 Å². The van der Waals surface area contributed by atoms with Crippen LogP contribution in [0.2, 0.25) is 0 Å². The molecule has 3 fully saturated rings. The highest BCUT2D eigenvalue weighted by molar-refractivity contribution is 7.90. The number of carbonyl (C=O) groups is 2. The van der Waals surface area contributed by atoms with Crippen LogP contribution in [0.1, 0.15) is 79.6 Å². The number of aliphatic hydroxyl groups excluding tert-OH is 2. The Labute approximate surface area is 331 Å². The van der Waals surface area contributed by atoms with E-state index in [4.69, 9.17) is 14.5 Å². The summed E-state index contributed by atoms with van der Waals surface area (Å²) in [5.41, 5.74) is 1.67. The number of carbonyl (C=O) groups excluding carboxylic acids is 2. The van der Waals surface area contributed by atoms with Crippen molar-refractivity contribution in [1.29, 1.82) is 0 Å². The van der Waals surface area contributed by atoms with Crippen molar-refractivity contribution in [2.45, 2.75) is 115 Å². The molecule has 0 spiro atoms. The van der Waals surface area contributed by atoms with Gasteiger partial charge in [0.1, 0.15) is 36.1 Å². The van der Waals surface area contributed by atoms with Gasteiger partial charge in [-0.05, 0) is 55.6 Å². The minimum Gasteiger partial charge on any atom is -0.497 e. The molecule has 2 saturated heterocycles. The number of piperidine rings is 1. The zero-order valence-corrected chi connectivity index (χ0v) is 34.3. The van der Waals surface area contributed by atoms with E-state index in [2.05, 4.69) is 10.0 Å². The van der Waals surface area contributed by atoms with Crippen LogP contribution in [0.3, 0.4) is 0 Å². The number of hydrogen-bond acceptors (Lipinski definition) is 10. The minimum atomic E-state index is -3.76. The number of fused-ring (bicyclic) bond motifs is 1. The summed E-state index contributed by atoms with van der Waals surface area (Å²) in [6.07, 6.45) is 1.47. The van der Waals surface area contributed by atoms with E-state index in [0.717, 1.165) is 43.3 Å². The molecule has 2 aliphatic heterocycles. The Morgan fingerprint density at radius 1 is 1.00 bits per heavy atom. The lowest BCUT2D eigenvalue weighted by atomic mass is 9.77. The largest absolute Gasteiger partial charge is 0.497 e. The summed E-state index contributed by atoms with van der Waals surface area (Å²) in [5, 5.41) is 25.6. The number of aliphatic hydroxyl groups is 2. The van der Waals surface area contributed by atoms with Gasteiger partial charge in [0.2, 0.25) is 21.8 Å². The number of ether oxygens (including phenoxy) is 2. The number of nitrogens with zero attached hydrogens (tertiary/aromatic N) is 3. The molecular formula is C42H59N5O8S. The van der Waals surface area contributed by atoms with Crippen LogP contribution in [0, 0.1) is 17.3 Å². The molecule has 1 aromatic heterocycles. The third-order valence-electron chi connectivity index (χ3n) is 11.4. The number of amides is 2. The van der Waals surface area contributed by atoms with Gasteiger partial charge in [0, 0.05) is 48.5 Å². The number of hydrogen-bond donors (Lipinski definition) is 4. The van der Waals surface area contributed by atoms with E-state index in [1.165, 1.54) is 0 Å². The average molecular weight is 794 g/mol. The van der Waals surface area contributed by atoms with Crippen molar-refractivity contribution in [3.63, 3.8) is 0 Å². The second-order valence-corrected chi connectivity index (χ2v) is 19.0. The summed E-state index contributed by atoms with van der Waals surface area (Å²) in [6, 6.07) is 15.2. The van der Waals surface area contributed by atoms with Gasteiger partial charge in [0.05, 0.1) is 36.2 Å². The number of nitrogens with one attached hydrogen (secondary N) is 2. The Balaban J connectivity index is 1.32. The molecule has 13 nitrogen and oxygen atoms in total. The molecule has 0 bridgehead atoms. The zero-order chi connectivity index (χ0) is 40.4. The number of benzene rings is 2. The fourth-order valence-corrected chi connectivity index (χ4v) is 9.33. The van der Waals surface area contributed by atoms with Crippen molar-refractivity contribution in [2.24, 2.45) is 17.3 Å². The van der Waals surface area contributed by atoms with Crippen LogP contribution >= 0.6 is 0 Å². The maximum Gasteiger partial charge on any atom is 0.243 e. The fourth-order valence-electron chi connectivity index (χ4n) is 7.90. The van der Waals surface area contributed by atoms with Gasteiger partial charge in [-0.1, -0.05) is 71.4 Å². The highest BCUT2D eigenvalue weighted by Crippen LogP contribution is 2.38. The highest BCUT2D eigenvalue weighted by Gasteiger charge is 2.47. The standard InChI is InChI=1S/C42H59N5O8S/c1-26(2)38(40(50)45-56(52,53)30-16-17-30)44-39(49)35-22-29(25-47(35)41(51)32(42(3,4)5)23-37(48)46-19-11-8-12-20-46)55-36-24-33(27-13-9-7-10-14-27)43-34-21-28(54-6)15-18-31(34)36/h7,9-10,13-15,18,21,24,26,29-30,32,35,37-38,40,45,48,50H,8,11-12,16-17,19-20,22-23,25H2,1-6H3,(H,44,49)/t29?,32-,35+,37?,38+,40?/m1/s1. The van der Waals surface area contributed by atoms with Crippen LogP contribution in [-0.4, -0.2) is 108 Å². The zero-order valence-electron chi connectivity index (χ0n) is 33.5. The van der Waals surface area contributed by atoms with Gasteiger partial charge in [-0.2, -0.15) is 4.72 Å². The molecule has 6 atom stereocenters. The van der Waals surface area contributed by atoms with Gasteiger partial charge in [0.15, 0.2) is 0 Å². The van der Waals surface area contributed by atoms with E-state index in [-0.39, 0.29) is 31.2 Å². The molecule has 1 saturated carbocycles. The van der Waals surface area contributed by atoms with Gasteiger partial charge >= 0.3 is 0 Å². The van der Waals surface area contributed by atoms with Gasteiger partial charge < -0.3 is 29.9 Å². The average Bonchev–Trinajstić information content (AvgIpc) is 3.96. The molecule has 4 N–H and O–H groups in total. The quantitative estimate of drug-likeness (QED) is 0.159. The lowest BCUT2D eigenvalue weighted by Crippen LogP contribution is -2.58. The van der Waals surface area contributed by atoms with Crippen molar-refractivity contribution in [3.05, 3.63) is 54.6 Å². The normalized spacial score (nSPS) is 21.8. The molecule has 2 amide bonds. The Morgan fingerprint density at radius 2 is 1.70 bits per heavy atom. The topological polar surface area (TPSA) is 171 Å². The Morgan fingerprint density at radius 3 is 2.32 bits per heavy atom. The number of methoxy groups -OCH3 is 1. The van der Waals surface area contributed by atoms with E-state index < -0.39 is 63.2 Å². The first-order valence-electron chi connectivity index (χ1n) is 20.0. The van der Waals surface area contributed by atoms with Gasteiger partial charge in [-0.25, -0.2) is 13.4 Å². The van der Waals surface area contributed by atoms with Gasteiger partial charge in [-0.15, -0.1) is 0 Å². The van der Waals surface area contributed by atoms with Crippen molar-refractivity contribution >= 4 is 32.7 Å². The molecule has 3 aliphatic rings. The smallest absolute Gasteiger partial charge is 0.243 e. The van der Waals surface area contributed by atoms with Crippen LogP contribution in [0.15, 0.2) is 54.6 Å². The van der Waals surface area contributed by atoms with Crippen molar-refractivity contribution < 1.29 is 37.7 Å². The van der Waals surface area contributed by atoms with E-state index in [0.29, 0.717) is 35.6 Å². The lowest BCUT2D eigenvalue weighted by molar-refractivity contribution is -0.148. The summed E-state index contributed by atoms with van der Waals surface area (Å²) < 4.78 is 40.1. The first-order valence-corrected chi connectivity index (χ1v) is 21.5. The van der Waals surface area contributed by atoms with Crippen LogP contribution in [0.5, 0.6) is 11.5 Å². The maximum atomic E-state index is 14.9. The van der Waals surface area contributed by atoms with Crippen LogP contribution < -0.4 is 19.5 Å². The molecule has 3 unspecified atom stereocenters. The number of aromatic nitrogens is 1. The number of pyridine rings is 1. The molecule has 2 aromatic carbocycles. The summed E-state index contributed by atoms with van der Waals surface area (Å²) in [6.45, 7) is 11.1. The summed E-state index contributed by atoms with van der Waals surface area (Å²) >= 11 is 0. The van der Waals surface area contributed by atoms with Crippen LogP contribution in [-0.2, 0) is 19.6 Å². The summed E-state index contributed by atoms with van der Waals surface area (Å²) in [5.74, 6) is -0.613. The molecular weight excluding hydrogens is 735 g/mol. The second-order valence-electron chi connectivity index (χ2n) is 17.1. The third-order valence-corrected chi connectivity index (χ3v) is 13.3. The molecule has 1 aliphatic carbocycles. The number of likely N-dealkylation sites (tertiary alicyclic amines) is 2. The fraction of sp³-hybridized carbons (Fsp3) is 0.595. The monoisotopic (exact) mass is 793 g/mol. The number of sulfonamides is 1. The Hall–Kier alpha value is -3.82. The van der Waals surface area contributed by atoms with E-state index in [1.54, 1.807) is 25.9 Å². The molecule has 3 heterocycles. The van der Waals surface area contributed by atoms with E-state index >= 15 is 0 Å². The summed E-state index contributed by atoms with van der Waals surface area (Å²) in [7, 11) is -2.16. The van der Waals surface area contributed by atoms with E-state index in [9.17, 15) is 28.2 Å².